The number of hydrogen-bond acceptors (Lipinski definition) is 5. The van der Waals surface area contributed by atoms with Crippen molar-refractivity contribution in [3.8, 4) is 0 Å². The molecule has 0 unspecified atom stereocenters. The van der Waals surface area contributed by atoms with E-state index in [0.717, 1.165) is 19.3 Å². The summed E-state index contributed by atoms with van der Waals surface area (Å²) in [5.41, 5.74) is 1.00. The van der Waals surface area contributed by atoms with Crippen LogP contribution >= 0.6 is 0 Å². The van der Waals surface area contributed by atoms with Crippen LogP contribution in [-0.4, -0.2) is 81.9 Å². The zero-order valence-electron chi connectivity index (χ0n) is 17.0. The zero-order valence-corrected chi connectivity index (χ0v) is 18.0. The lowest BCUT2D eigenvalue weighted by Crippen LogP contribution is -2.41. The highest BCUT2D eigenvalue weighted by atomic mass is 28.3. The number of carbonyl (C=O) groups is 2. The van der Waals surface area contributed by atoms with Gasteiger partial charge in [0.2, 0.25) is 0 Å². The van der Waals surface area contributed by atoms with Crippen molar-refractivity contribution in [2.45, 2.75) is 26.6 Å². The third kappa shape index (κ3) is 6.53. The molecule has 0 saturated carbocycles. The topological polar surface area (TPSA) is 59.1 Å². The van der Waals surface area contributed by atoms with E-state index in [1.54, 1.807) is 24.3 Å². The van der Waals surface area contributed by atoms with Crippen molar-refractivity contribution in [2.75, 3.05) is 52.2 Å². The van der Waals surface area contributed by atoms with Crippen LogP contribution in [0.1, 0.15) is 27.6 Å². The monoisotopic (exact) mass is 392 g/mol. The average Bonchev–Trinajstić information content (AvgIpc) is 2.86. The minimum absolute atomic E-state index is 0.199. The summed E-state index contributed by atoms with van der Waals surface area (Å²) < 4.78 is 11.3. The molecule has 0 bridgehead atoms. The van der Waals surface area contributed by atoms with E-state index >= 15 is 0 Å². The zero-order chi connectivity index (χ0) is 19.9. The average molecular weight is 393 g/mol. The van der Waals surface area contributed by atoms with Crippen LogP contribution in [0.5, 0.6) is 0 Å². The fourth-order valence-corrected chi connectivity index (χ4v) is 3.69. The van der Waals surface area contributed by atoms with Crippen molar-refractivity contribution < 1.29 is 19.1 Å². The van der Waals surface area contributed by atoms with Gasteiger partial charge in [0.25, 0.3) is 11.8 Å². The molecule has 0 atom stereocenters. The van der Waals surface area contributed by atoms with Gasteiger partial charge in [0.1, 0.15) is 0 Å². The highest BCUT2D eigenvalue weighted by molar-refractivity contribution is 6.76. The summed E-state index contributed by atoms with van der Waals surface area (Å²) in [6.07, 6.45) is 0.838. The van der Waals surface area contributed by atoms with Gasteiger partial charge in [0, 0.05) is 39.0 Å². The molecule has 1 heterocycles. The second kappa shape index (κ2) is 10.1. The Hall–Kier alpha value is -1.54. The number of ether oxygens (including phenoxy) is 2. The standard InChI is InChI=1S/C20H32N2O4Si/c1-5-25-14-12-21(13-15-26-16-27(2,3)4)10-11-22-19(23)17-8-6-7-9-18(17)20(22)24/h6-9H,5,10-16H2,1-4H3. The molecule has 0 spiro atoms. The molecule has 2 rings (SSSR count). The summed E-state index contributed by atoms with van der Waals surface area (Å²) in [4.78, 5) is 28.5. The second-order valence-electron chi connectivity index (χ2n) is 7.96. The van der Waals surface area contributed by atoms with E-state index in [1.165, 1.54) is 4.90 Å². The Labute approximate surface area is 163 Å². The number of carbonyl (C=O) groups excluding carboxylic acids is 2. The van der Waals surface area contributed by atoms with Gasteiger partial charge in [0.05, 0.1) is 32.4 Å². The Kier molecular flexibility index (Phi) is 8.16. The van der Waals surface area contributed by atoms with E-state index in [9.17, 15) is 9.59 Å². The van der Waals surface area contributed by atoms with Crippen molar-refractivity contribution in [3.05, 3.63) is 35.4 Å². The molecule has 1 aromatic rings. The maximum Gasteiger partial charge on any atom is 0.261 e. The van der Waals surface area contributed by atoms with Gasteiger partial charge in [-0.15, -0.1) is 0 Å². The molecule has 1 aliphatic rings. The highest BCUT2D eigenvalue weighted by Crippen LogP contribution is 2.22. The Morgan fingerprint density at radius 2 is 1.48 bits per heavy atom. The van der Waals surface area contributed by atoms with Gasteiger partial charge in [-0.25, -0.2) is 0 Å². The molecule has 27 heavy (non-hydrogen) atoms. The highest BCUT2D eigenvalue weighted by Gasteiger charge is 2.34. The van der Waals surface area contributed by atoms with Gasteiger partial charge in [-0.05, 0) is 19.1 Å². The van der Waals surface area contributed by atoms with Crippen molar-refractivity contribution in [1.82, 2.24) is 9.80 Å². The number of nitrogens with zero attached hydrogens (tertiary/aromatic N) is 2. The van der Waals surface area contributed by atoms with Gasteiger partial charge in [0.15, 0.2) is 0 Å². The van der Waals surface area contributed by atoms with Crippen LogP contribution in [0.25, 0.3) is 0 Å². The summed E-state index contributed by atoms with van der Waals surface area (Å²) in [6, 6.07) is 7.01. The van der Waals surface area contributed by atoms with Gasteiger partial charge >= 0.3 is 0 Å². The van der Waals surface area contributed by atoms with Crippen molar-refractivity contribution in [3.63, 3.8) is 0 Å². The summed E-state index contributed by atoms with van der Waals surface area (Å²) in [5.74, 6) is -0.398. The van der Waals surface area contributed by atoms with E-state index in [2.05, 4.69) is 24.5 Å². The molecule has 0 aromatic heterocycles. The molecule has 0 saturated heterocycles. The largest absolute Gasteiger partial charge is 0.383 e. The van der Waals surface area contributed by atoms with Crippen LogP contribution in [0.15, 0.2) is 24.3 Å². The molecule has 6 nitrogen and oxygen atoms in total. The lowest BCUT2D eigenvalue weighted by molar-refractivity contribution is 0.0597. The molecule has 1 aromatic carbocycles. The summed E-state index contributed by atoms with van der Waals surface area (Å²) in [5, 5.41) is 0. The molecule has 1 aliphatic heterocycles. The molecular weight excluding hydrogens is 360 g/mol. The quantitative estimate of drug-likeness (QED) is 0.311. The first kappa shape index (κ1) is 21.8. The number of benzene rings is 1. The molecule has 0 fully saturated rings. The maximum absolute atomic E-state index is 12.5. The SMILES string of the molecule is CCOCCN(CCOC[Si](C)(C)C)CCN1C(=O)c2ccccc2C1=O. The van der Waals surface area contributed by atoms with Crippen molar-refractivity contribution in [1.29, 1.82) is 0 Å². The molecule has 150 valence electrons. The van der Waals surface area contributed by atoms with Gasteiger partial charge < -0.3 is 9.47 Å². The van der Waals surface area contributed by atoms with E-state index in [4.69, 9.17) is 9.47 Å². The minimum Gasteiger partial charge on any atom is -0.383 e. The van der Waals surface area contributed by atoms with Gasteiger partial charge in [-0.3, -0.25) is 19.4 Å². The number of amides is 2. The first-order chi connectivity index (χ1) is 12.8. The lowest BCUT2D eigenvalue weighted by Gasteiger charge is -2.25. The first-order valence-electron chi connectivity index (χ1n) is 9.66. The van der Waals surface area contributed by atoms with Crippen LogP contribution in [-0.2, 0) is 9.47 Å². The predicted molar refractivity (Wildman–Crippen MR) is 109 cm³/mol. The van der Waals surface area contributed by atoms with E-state index in [1.807, 2.05) is 6.92 Å². The molecule has 0 aliphatic carbocycles. The maximum atomic E-state index is 12.5. The van der Waals surface area contributed by atoms with E-state index in [-0.39, 0.29) is 11.8 Å². The van der Waals surface area contributed by atoms with Crippen LogP contribution in [0.4, 0.5) is 0 Å². The first-order valence-corrected chi connectivity index (χ1v) is 13.4. The third-order valence-corrected chi connectivity index (χ3v) is 5.43. The normalized spacial score (nSPS) is 14.3. The van der Waals surface area contributed by atoms with Crippen molar-refractivity contribution >= 4 is 19.9 Å². The smallest absolute Gasteiger partial charge is 0.261 e. The van der Waals surface area contributed by atoms with Crippen LogP contribution < -0.4 is 0 Å². The van der Waals surface area contributed by atoms with Crippen LogP contribution in [0.2, 0.25) is 19.6 Å². The molecule has 0 N–H and O–H groups in total. The van der Waals surface area contributed by atoms with E-state index in [0.29, 0.717) is 44.0 Å². The Morgan fingerprint density at radius 1 is 0.926 bits per heavy atom. The molecule has 7 heteroatoms. The Morgan fingerprint density at radius 3 is 2.00 bits per heavy atom. The van der Waals surface area contributed by atoms with Crippen LogP contribution in [0, 0.1) is 0 Å². The number of rotatable bonds is 12. The lowest BCUT2D eigenvalue weighted by atomic mass is 10.1. The molecule has 0 radical (unpaired) electrons. The number of hydrogen-bond donors (Lipinski definition) is 0. The minimum atomic E-state index is -1.22. The third-order valence-electron chi connectivity index (χ3n) is 4.36. The number of fused-ring (bicyclic) bond motifs is 1. The fraction of sp³-hybridized carbons (Fsp3) is 0.600. The summed E-state index contributed by atoms with van der Waals surface area (Å²) >= 11 is 0. The van der Waals surface area contributed by atoms with Crippen LogP contribution in [0.3, 0.4) is 0 Å². The predicted octanol–water partition coefficient (Wildman–Crippen LogP) is 2.52. The fourth-order valence-electron chi connectivity index (χ4n) is 2.93. The summed E-state index contributed by atoms with van der Waals surface area (Å²) in [6.45, 7) is 13.3. The summed E-state index contributed by atoms with van der Waals surface area (Å²) in [7, 11) is -1.22. The van der Waals surface area contributed by atoms with Crippen molar-refractivity contribution in [2.24, 2.45) is 0 Å². The molecule has 2 amide bonds. The van der Waals surface area contributed by atoms with Gasteiger partial charge in [-0.2, -0.15) is 0 Å². The second-order valence-corrected chi connectivity index (χ2v) is 13.4. The number of imide groups is 1. The Bertz CT molecular complexity index is 610. The van der Waals surface area contributed by atoms with Gasteiger partial charge in [-0.1, -0.05) is 31.8 Å². The van der Waals surface area contributed by atoms with E-state index < -0.39 is 8.07 Å². The molecular formula is C20H32N2O4Si. The Balaban J connectivity index is 1.87.